The quantitative estimate of drug-likeness (QED) is 0.676. The molecule has 3 aromatic rings. The first-order valence-electron chi connectivity index (χ1n) is 9.60. The first-order valence-corrected chi connectivity index (χ1v) is 9.60. The number of benzene rings is 1. The molecule has 1 unspecified atom stereocenters. The van der Waals surface area contributed by atoms with Gasteiger partial charge in [-0.15, -0.1) is 0 Å². The van der Waals surface area contributed by atoms with Crippen molar-refractivity contribution in [1.29, 1.82) is 0 Å². The molecule has 3 heterocycles. The van der Waals surface area contributed by atoms with Crippen LogP contribution >= 0.6 is 0 Å². The summed E-state index contributed by atoms with van der Waals surface area (Å²) in [5.41, 5.74) is 1.28. The van der Waals surface area contributed by atoms with Gasteiger partial charge in [0.25, 0.3) is 5.91 Å². The van der Waals surface area contributed by atoms with Crippen molar-refractivity contribution in [2.75, 3.05) is 6.54 Å². The Morgan fingerprint density at radius 2 is 1.96 bits per heavy atom. The van der Waals surface area contributed by atoms with Crippen molar-refractivity contribution in [2.45, 2.75) is 38.9 Å². The maximum atomic E-state index is 13.0. The van der Waals surface area contributed by atoms with Gasteiger partial charge in [0, 0.05) is 26.3 Å². The summed E-state index contributed by atoms with van der Waals surface area (Å²) in [4.78, 5) is 27.5. The van der Waals surface area contributed by atoms with Crippen molar-refractivity contribution in [3.05, 3.63) is 70.2 Å². The first kappa shape index (κ1) is 18.2. The number of nitrogens with zero attached hydrogens (tertiary/aromatic N) is 6. The normalized spacial score (nSPS) is 16.6. The van der Waals surface area contributed by atoms with Gasteiger partial charge in [-0.3, -0.25) is 14.0 Å². The van der Waals surface area contributed by atoms with Crippen LogP contribution in [0.1, 0.15) is 47.7 Å². The highest BCUT2D eigenvalue weighted by atomic mass is 16.2. The van der Waals surface area contributed by atoms with E-state index in [1.807, 2.05) is 43.5 Å². The van der Waals surface area contributed by atoms with Crippen LogP contribution in [0.25, 0.3) is 0 Å². The Bertz CT molecular complexity index is 1030. The van der Waals surface area contributed by atoms with Gasteiger partial charge < -0.3 is 4.90 Å². The molecule has 0 aliphatic carbocycles. The van der Waals surface area contributed by atoms with Gasteiger partial charge in [0.15, 0.2) is 5.82 Å². The number of hydrogen-bond acceptors (Lipinski definition) is 4. The van der Waals surface area contributed by atoms with Crippen molar-refractivity contribution in [3.63, 3.8) is 0 Å². The molecule has 1 amide bonds. The molecule has 28 heavy (non-hydrogen) atoms. The van der Waals surface area contributed by atoms with Gasteiger partial charge in [-0.25, -0.2) is 9.48 Å². The number of rotatable bonds is 5. The highest BCUT2D eigenvalue weighted by molar-refractivity contribution is 5.92. The van der Waals surface area contributed by atoms with E-state index >= 15 is 0 Å². The molecular weight excluding hydrogens is 356 g/mol. The van der Waals surface area contributed by atoms with Crippen LogP contribution < -0.4 is 5.69 Å². The number of amides is 1. The zero-order valence-corrected chi connectivity index (χ0v) is 16.2. The molecule has 8 nitrogen and oxygen atoms in total. The fourth-order valence-corrected chi connectivity index (χ4v) is 3.76. The lowest BCUT2D eigenvalue weighted by Crippen LogP contribution is -2.33. The van der Waals surface area contributed by atoms with Crippen LogP contribution in [0.15, 0.2) is 47.4 Å². The molecule has 1 aromatic carbocycles. The van der Waals surface area contributed by atoms with E-state index in [4.69, 9.17) is 0 Å². The van der Waals surface area contributed by atoms with Gasteiger partial charge in [-0.05, 0) is 31.4 Å². The maximum Gasteiger partial charge on any atom is 0.346 e. The van der Waals surface area contributed by atoms with E-state index in [0.717, 1.165) is 18.4 Å². The Labute approximate surface area is 163 Å². The summed E-state index contributed by atoms with van der Waals surface area (Å²) in [7, 11) is 1.65. The summed E-state index contributed by atoms with van der Waals surface area (Å²) >= 11 is 0. The Kier molecular flexibility index (Phi) is 4.85. The second-order valence-electron chi connectivity index (χ2n) is 7.05. The standard InChI is InChI=1S/C20H24N6O2/c1-3-24-13-11-16(21-24)19(27)25-12-7-10-17(25)18-22-23(2)20(28)26(18)14-15-8-5-4-6-9-15/h4-6,8-9,11,13,17H,3,7,10,12,14H2,1-2H3. The summed E-state index contributed by atoms with van der Waals surface area (Å²) < 4.78 is 4.77. The minimum absolute atomic E-state index is 0.112. The largest absolute Gasteiger partial charge is 0.346 e. The predicted octanol–water partition coefficient (Wildman–Crippen LogP) is 1.82. The third kappa shape index (κ3) is 3.26. The molecule has 4 rings (SSSR count). The van der Waals surface area contributed by atoms with Gasteiger partial charge >= 0.3 is 5.69 Å². The second-order valence-corrected chi connectivity index (χ2v) is 7.05. The molecule has 0 saturated carbocycles. The molecule has 146 valence electrons. The van der Waals surface area contributed by atoms with Gasteiger partial charge in [-0.1, -0.05) is 30.3 Å². The zero-order valence-electron chi connectivity index (χ0n) is 16.2. The zero-order chi connectivity index (χ0) is 19.7. The molecular formula is C20H24N6O2. The van der Waals surface area contributed by atoms with E-state index in [9.17, 15) is 9.59 Å². The lowest BCUT2D eigenvalue weighted by Gasteiger charge is -2.23. The Morgan fingerprint density at radius 3 is 2.68 bits per heavy atom. The van der Waals surface area contributed by atoms with E-state index < -0.39 is 0 Å². The van der Waals surface area contributed by atoms with Crippen molar-refractivity contribution >= 4 is 5.91 Å². The molecule has 1 fully saturated rings. The topological polar surface area (TPSA) is 78.0 Å². The number of aryl methyl sites for hydroxylation is 2. The Hall–Kier alpha value is -3.16. The van der Waals surface area contributed by atoms with E-state index in [1.54, 1.807) is 27.3 Å². The minimum Gasteiger partial charge on any atom is -0.327 e. The van der Waals surface area contributed by atoms with Crippen molar-refractivity contribution in [2.24, 2.45) is 7.05 Å². The average Bonchev–Trinajstić information content (AvgIpc) is 3.44. The Balaban J connectivity index is 1.67. The van der Waals surface area contributed by atoms with Crippen molar-refractivity contribution < 1.29 is 4.79 Å². The van der Waals surface area contributed by atoms with E-state index in [0.29, 0.717) is 31.2 Å². The average molecular weight is 380 g/mol. The predicted molar refractivity (Wildman–Crippen MR) is 104 cm³/mol. The lowest BCUT2D eigenvalue weighted by atomic mass is 10.2. The monoisotopic (exact) mass is 380 g/mol. The third-order valence-electron chi connectivity index (χ3n) is 5.22. The maximum absolute atomic E-state index is 13.0. The van der Waals surface area contributed by atoms with Crippen molar-refractivity contribution in [1.82, 2.24) is 29.0 Å². The second kappa shape index (κ2) is 7.46. The van der Waals surface area contributed by atoms with Crippen LogP contribution in [0.4, 0.5) is 0 Å². The molecule has 1 aliphatic heterocycles. The third-order valence-corrected chi connectivity index (χ3v) is 5.22. The Morgan fingerprint density at radius 1 is 1.18 bits per heavy atom. The molecule has 1 saturated heterocycles. The molecule has 1 atom stereocenters. The number of carbonyl (C=O) groups is 1. The van der Waals surface area contributed by atoms with E-state index in [1.165, 1.54) is 4.68 Å². The molecule has 1 aliphatic rings. The fourth-order valence-electron chi connectivity index (χ4n) is 3.76. The lowest BCUT2D eigenvalue weighted by molar-refractivity contribution is 0.0720. The molecule has 0 N–H and O–H groups in total. The van der Waals surface area contributed by atoms with Crippen LogP contribution in [-0.2, 0) is 20.1 Å². The fraction of sp³-hybridized carbons (Fsp3) is 0.400. The van der Waals surface area contributed by atoms with Gasteiger partial charge in [-0.2, -0.15) is 10.2 Å². The van der Waals surface area contributed by atoms with Gasteiger partial charge in [0.1, 0.15) is 5.69 Å². The number of carbonyl (C=O) groups excluding carboxylic acids is 1. The van der Waals surface area contributed by atoms with Crippen LogP contribution in [0.3, 0.4) is 0 Å². The van der Waals surface area contributed by atoms with Crippen molar-refractivity contribution in [3.8, 4) is 0 Å². The number of aromatic nitrogens is 5. The first-order chi connectivity index (χ1) is 13.6. The SMILES string of the molecule is CCn1ccc(C(=O)N2CCCC2c2nn(C)c(=O)n2Cc2ccccc2)n1. The highest BCUT2D eigenvalue weighted by Crippen LogP contribution is 2.31. The summed E-state index contributed by atoms with van der Waals surface area (Å²) in [6, 6.07) is 11.3. The molecule has 0 radical (unpaired) electrons. The summed E-state index contributed by atoms with van der Waals surface area (Å²) in [6.45, 7) is 3.77. The van der Waals surface area contributed by atoms with Crippen LogP contribution in [0.5, 0.6) is 0 Å². The summed E-state index contributed by atoms with van der Waals surface area (Å²) in [5, 5.41) is 8.83. The van der Waals surface area contributed by atoms with Gasteiger partial charge in [0.2, 0.25) is 0 Å². The summed E-state index contributed by atoms with van der Waals surface area (Å²) in [6.07, 6.45) is 3.47. The smallest absolute Gasteiger partial charge is 0.327 e. The van der Waals surface area contributed by atoms with E-state index in [2.05, 4.69) is 10.2 Å². The van der Waals surface area contributed by atoms with Crippen LogP contribution in [0, 0.1) is 0 Å². The van der Waals surface area contributed by atoms with Crippen LogP contribution in [0.2, 0.25) is 0 Å². The molecule has 2 aromatic heterocycles. The number of likely N-dealkylation sites (tertiary alicyclic amines) is 1. The molecule has 0 spiro atoms. The minimum atomic E-state index is -0.225. The van der Waals surface area contributed by atoms with Gasteiger partial charge in [0.05, 0.1) is 12.6 Å². The van der Waals surface area contributed by atoms with E-state index in [-0.39, 0.29) is 17.6 Å². The molecule has 0 bridgehead atoms. The number of hydrogen-bond donors (Lipinski definition) is 0. The highest BCUT2D eigenvalue weighted by Gasteiger charge is 2.35. The van der Waals surface area contributed by atoms with Crippen LogP contribution in [-0.4, -0.2) is 41.5 Å². The summed E-state index contributed by atoms with van der Waals surface area (Å²) in [5.74, 6) is 0.524. The molecule has 8 heteroatoms.